The van der Waals surface area contributed by atoms with E-state index in [0.717, 1.165) is 37.8 Å². The largest absolute Gasteiger partial charge is 0.508 e. The lowest BCUT2D eigenvalue weighted by atomic mass is 10.0. The molecular weight excluding hydrogens is 438 g/mol. The molecule has 1 heterocycles. The molecule has 174 valence electrons. The molecule has 4 N–H and O–H groups in total. The Morgan fingerprint density at radius 3 is 2.64 bits per heavy atom. The van der Waals surface area contributed by atoms with Gasteiger partial charge in [0.15, 0.2) is 0 Å². The maximum atomic E-state index is 12.4. The van der Waals surface area contributed by atoms with Gasteiger partial charge in [-0.2, -0.15) is 4.98 Å². The smallest absolute Gasteiger partial charge is 0.240 e. The van der Waals surface area contributed by atoms with Crippen LogP contribution in [0.25, 0.3) is 0 Å². The highest BCUT2D eigenvalue weighted by Gasteiger charge is 2.24. The average Bonchev–Trinajstić information content (AvgIpc) is 3.63. The van der Waals surface area contributed by atoms with Crippen LogP contribution in [0.3, 0.4) is 0 Å². The van der Waals surface area contributed by atoms with Crippen molar-refractivity contribution < 1.29 is 13.5 Å². The van der Waals surface area contributed by atoms with E-state index in [-0.39, 0.29) is 10.6 Å². The molecule has 0 bridgehead atoms. The molecule has 0 radical (unpaired) electrons. The highest BCUT2D eigenvalue weighted by atomic mass is 32.2. The number of phenols is 1. The fourth-order valence-electron chi connectivity index (χ4n) is 3.42. The summed E-state index contributed by atoms with van der Waals surface area (Å²) in [6.07, 6.45) is 5.60. The number of aromatic hydroxyl groups is 1. The molecule has 0 spiro atoms. The topological polar surface area (TPSA) is 116 Å². The molecule has 4 rings (SSSR count). The van der Waals surface area contributed by atoms with Gasteiger partial charge < -0.3 is 15.7 Å². The predicted molar refractivity (Wildman–Crippen MR) is 129 cm³/mol. The Labute approximate surface area is 194 Å². The highest BCUT2D eigenvalue weighted by Crippen LogP contribution is 2.28. The first-order valence-corrected chi connectivity index (χ1v) is 12.6. The van der Waals surface area contributed by atoms with Crippen LogP contribution in [0.2, 0.25) is 0 Å². The quantitative estimate of drug-likeness (QED) is 0.315. The van der Waals surface area contributed by atoms with Crippen molar-refractivity contribution in [3.8, 4) is 5.75 Å². The Kier molecular flexibility index (Phi) is 7.10. The van der Waals surface area contributed by atoms with Gasteiger partial charge in [0.1, 0.15) is 11.6 Å². The molecular formula is C24H29N5O3S. The fraction of sp³-hybridized carbons (Fsp3) is 0.333. The van der Waals surface area contributed by atoms with E-state index in [9.17, 15) is 13.5 Å². The number of phenolic OH excluding ortho intramolecular Hbond substituents is 1. The molecule has 1 aliphatic carbocycles. The molecule has 1 aliphatic rings. The van der Waals surface area contributed by atoms with Gasteiger partial charge in [-0.25, -0.2) is 18.1 Å². The van der Waals surface area contributed by atoms with E-state index in [0.29, 0.717) is 29.9 Å². The van der Waals surface area contributed by atoms with Crippen molar-refractivity contribution in [3.63, 3.8) is 0 Å². The molecule has 3 aromatic rings. The van der Waals surface area contributed by atoms with E-state index in [1.807, 2.05) is 19.1 Å². The highest BCUT2D eigenvalue weighted by molar-refractivity contribution is 7.89. The SMILES string of the molecule is Cc1ccc(O)cc1CCCNc1ccnc(Nc2ccc(S(=O)(=O)NCC3CC3)cc2)n1. The standard InChI is InChI=1S/C24H29N5O3S/c1-17-4-9-21(30)15-19(17)3-2-13-25-23-12-14-26-24(29-23)28-20-7-10-22(11-8-20)33(31,32)27-16-18-5-6-18/h4,7-12,14-15,18,27,30H,2-3,5-6,13,16H2,1H3,(H2,25,26,28,29). The van der Waals surface area contributed by atoms with Crippen LogP contribution < -0.4 is 15.4 Å². The molecule has 0 saturated heterocycles. The Morgan fingerprint density at radius 1 is 1.09 bits per heavy atom. The molecule has 9 heteroatoms. The van der Waals surface area contributed by atoms with Crippen LogP contribution >= 0.6 is 0 Å². The van der Waals surface area contributed by atoms with Crippen molar-refractivity contribution in [2.24, 2.45) is 5.92 Å². The summed E-state index contributed by atoms with van der Waals surface area (Å²) in [5, 5.41) is 16.1. The van der Waals surface area contributed by atoms with Gasteiger partial charge >= 0.3 is 0 Å². The lowest BCUT2D eigenvalue weighted by Gasteiger charge is -2.10. The molecule has 1 aromatic heterocycles. The van der Waals surface area contributed by atoms with Crippen LogP contribution in [0, 0.1) is 12.8 Å². The second-order valence-corrected chi connectivity index (χ2v) is 10.1. The van der Waals surface area contributed by atoms with Crippen molar-refractivity contribution in [1.29, 1.82) is 0 Å². The van der Waals surface area contributed by atoms with Gasteiger partial charge in [0.2, 0.25) is 16.0 Å². The third kappa shape index (κ3) is 6.66. The third-order valence-electron chi connectivity index (χ3n) is 5.60. The summed E-state index contributed by atoms with van der Waals surface area (Å²) in [7, 11) is -3.48. The van der Waals surface area contributed by atoms with Crippen LogP contribution in [-0.2, 0) is 16.4 Å². The number of aromatic nitrogens is 2. The molecule has 33 heavy (non-hydrogen) atoms. The second kappa shape index (κ2) is 10.2. The van der Waals surface area contributed by atoms with Crippen molar-refractivity contribution in [2.45, 2.75) is 37.5 Å². The Balaban J connectivity index is 1.29. The van der Waals surface area contributed by atoms with E-state index >= 15 is 0 Å². The molecule has 1 fully saturated rings. The lowest BCUT2D eigenvalue weighted by Crippen LogP contribution is -2.25. The number of sulfonamides is 1. The van der Waals surface area contributed by atoms with Crippen molar-refractivity contribution in [1.82, 2.24) is 14.7 Å². The van der Waals surface area contributed by atoms with Gasteiger partial charge in [-0.1, -0.05) is 6.07 Å². The van der Waals surface area contributed by atoms with E-state index in [1.165, 1.54) is 5.56 Å². The van der Waals surface area contributed by atoms with Gasteiger partial charge in [0, 0.05) is 25.0 Å². The van der Waals surface area contributed by atoms with E-state index in [1.54, 1.807) is 42.6 Å². The first-order chi connectivity index (χ1) is 15.9. The Bertz CT molecular complexity index is 1190. The summed E-state index contributed by atoms with van der Waals surface area (Å²) in [6.45, 7) is 3.27. The van der Waals surface area contributed by atoms with E-state index < -0.39 is 10.0 Å². The number of nitrogens with one attached hydrogen (secondary N) is 3. The summed E-state index contributed by atoms with van der Waals surface area (Å²) in [5.41, 5.74) is 3.00. The zero-order valence-corrected chi connectivity index (χ0v) is 19.4. The molecule has 1 saturated carbocycles. The number of nitrogens with zero attached hydrogens (tertiary/aromatic N) is 2. The minimum absolute atomic E-state index is 0.243. The van der Waals surface area contributed by atoms with Crippen LogP contribution in [0.5, 0.6) is 5.75 Å². The number of aryl methyl sites for hydroxylation is 2. The molecule has 8 nitrogen and oxygen atoms in total. The fourth-order valence-corrected chi connectivity index (χ4v) is 4.54. The number of hydrogen-bond acceptors (Lipinski definition) is 7. The maximum Gasteiger partial charge on any atom is 0.240 e. The molecule has 0 atom stereocenters. The molecule has 0 amide bonds. The average molecular weight is 468 g/mol. The first kappa shape index (κ1) is 23.0. The summed E-state index contributed by atoms with van der Waals surface area (Å²) in [4.78, 5) is 8.95. The molecule has 0 unspecified atom stereocenters. The summed E-state index contributed by atoms with van der Waals surface area (Å²) in [6, 6.07) is 13.8. The minimum atomic E-state index is -3.48. The summed E-state index contributed by atoms with van der Waals surface area (Å²) in [5.74, 6) is 1.89. The summed E-state index contributed by atoms with van der Waals surface area (Å²) < 4.78 is 27.4. The zero-order valence-electron chi connectivity index (χ0n) is 18.6. The molecule has 0 aliphatic heterocycles. The second-order valence-electron chi connectivity index (χ2n) is 8.35. The monoisotopic (exact) mass is 467 g/mol. The van der Waals surface area contributed by atoms with Crippen LogP contribution in [0.15, 0.2) is 59.6 Å². The predicted octanol–water partition coefficient (Wildman–Crippen LogP) is 3.97. The van der Waals surface area contributed by atoms with Crippen LogP contribution in [0.1, 0.15) is 30.4 Å². The third-order valence-corrected chi connectivity index (χ3v) is 7.04. The van der Waals surface area contributed by atoms with Gasteiger partial charge in [-0.05, 0) is 92.1 Å². The van der Waals surface area contributed by atoms with Crippen molar-refractivity contribution in [3.05, 3.63) is 65.9 Å². The summed E-state index contributed by atoms with van der Waals surface area (Å²) >= 11 is 0. The van der Waals surface area contributed by atoms with Gasteiger partial charge in [-0.15, -0.1) is 0 Å². The minimum Gasteiger partial charge on any atom is -0.508 e. The first-order valence-electron chi connectivity index (χ1n) is 11.1. The van der Waals surface area contributed by atoms with Gasteiger partial charge in [0.25, 0.3) is 0 Å². The van der Waals surface area contributed by atoms with Crippen molar-refractivity contribution in [2.75, 3.05) is 23.7 Å². The zero-order chi connectivity index (χ0) is 23.3. The maximum absolute atomic E-state index is 12.4. The molecule has 2 aromatic carbocycles. The van der Waals surface area contributed by atoms with Gasteiger partial charge in [-0.3, -0.25) is 0 Å². The van der Waals surface area contributed by atoms with Crippen LogP contribution in [0.4, 0.5) is 17.5 Å². The lowest BCUT2D eigenvalue weighted by molar-refractivity contribution is 0.474. The van der Waals surface area contributed by atoms with Crippen LogP contribution in [-0.4, -0.2) is 36.6 Å². The number of benzene rings is 2. The number of hydrogen-bond donors (Lipinski definition) is 4. The van der Waals surface area contributed by atoms with E-state index in [4.69, 9.17) is 0 Å². The number of anilines is 3. The Hall–Kier alpha value is -3.17. The van der Waals surface area contributed by atoms with Crippen molar-refractivity contribution >= 4 is 27.5 Å². The number of rotatable bonds is 11. The van der Waals surface area contributed by atoms with Gasteiger partial charge in [0.05, 0.1) is 4.90 Å². The Morgan fingerprint density at radius 2 is 1.88 bits per heavy atom. The van der Waals surface area contributed by atoms with E-state index in [2.05, 4.69) is 25.3 Å². The normalized spacial score (nSPS) is 13.6.